The molecule has 0 spiro atoms. The summed E-state index contributed by atoms with van der Waals surface area (Å²) in [5.41, 5.74) is 0. The molecular formula is C10H13F3S. The topological polar surface area (TPSA) is 0 Å². The molecule has 1 rings (SSSR count). The monoisotopic (exact) mass is 222 g/mol. The molecule has 0 radical (unpaired) electrons. The second kappa shape index (κ2) is 5.39. The van der Waals surface area contributed by atoms with Gasteiger partial charge in [0, 0.05) is 11.3 Å². The molecule has 0 unspecified atom stereocenters. The molecule has 0 aliphatic carbocycles. The van der Waals surface area contributed by atoms with Crippen LogP contribution in [0.1, 0.15) is 30.6 Å². The second-order valence-electron chi connectivity index (χ2n) is 3.26. The largest absolute Gasteiger partial charge is 0.389 e. The Morgan fingerprint density at radius 1 is 1.14 bits per heavy atom. The van der Waals surface area contributed by atoms with Crippen LogP contribution < -0.4 is 0 Å². The smallest absolute Gasteiger partial charge is 0.171 e. The van der Waals surface area contributed by atoms with Gasteiger partial charge in [0.25, 0.3) is 0 Å². The van der Waals surface area contributed by atoms with Gasteiger partial charge in [0.05, 0.1) is 0 Å². The minimum Gasteiger partial charge on any atom is -0.171 e. The maximum Gasteiger partial charge on any atom is 0.389 e. The van der Waals surface area contributed by atoms with Gasteiger partial charge in [-0.3, -0.25) is 0 Å². The minimum atomic E-state index is -3.98. The van der Waals surface area contributed by atoms with E-state index in [0.29, 0.717) is 6.42 Å². The van der Waals surface area contributed by atoms with Crippen molar-refractivity contribution in [3.05, 3.63) is 22.4 Å². The lowest BCUT2D eigenvalue weighted by atomic mass is 10.1. The van der Waals surface area contributed by atoms with Crippen molar-refractivity contribution in [3.8, 4) is 0 Å². The van der Waals surface area contributed by atoms with Crippen LogP contribution in [-0.2, 0) is 6.42 Å². The van der Waals surface area contributed by atoms with Crippen LogP contribution in [0.4, 0.5) is 13.2 Å². The highest BCUT2D eigenvalue weighted by atomic mass is 32.1. The lowest BCUT2D eigenvalue weighted by molar-refractivity contribution is -0.135. The Balaban J connectivity index is 2.00. The Morgan fingerprint density at radius 3 is 2.50 bits per heavy atom. The fourth-order valence-electron chi connectivity index (χ4n) is 1.26. The first-order valence-electron chi connectivity index (χ1n) is 4.67. The molecule has 4 heteroatoms. The molecule has 0 aliphatic rings. The second-order valence-corrected chi connectivity index (χ2v) is 4.29. The average Bonchev–Trinajstić information content (AvgIpc) is 2.54. The molecule has 14 heavy (non-hydrogen) atoms. The summed E-state index contributed by atoms with van der Waals surface area (Å²) in [6.45, 7) is 0. The standard InChI is InChI=1S/C10H13F3S/c11-10(12,13)7-3-1-2-5-9-6-4-8-14-9/h4,6,8H,1-3,5,7H2. The number of thiophene rings is 1. The molecular weight excluding hydrogens is 209 g/mol. The summed E-state index contributed by atoms with van der Waals surface area (Å²) >= 11 is 1.66. The van der Waals surface area contributed by atoms with Crippen LogP contribution in [0, 0.1) is 0 Å². The molecule has 1 heterocycles. The van der Waals surface area contributed by atoms with Gasteiger partial charge in [-0.25, -0.2) is 0 Å². The summed E-state index contributed by atoms with van der Waals surface area (Å²) in [5.74, 6) is 0. The lowest BCUT2D eigenvalue weighted by Crippen LogP contribution is -2.06. The normalized spacial score (nSPS) is 11.9. The van der Waals surface area contributed by atoms with Crippen LogP contribution in [0.3, 0.4) is 0 Å². The van der Waals surface area contributed by atoms with Crippen molar-refractivity contribution in [1.82, 2.24) is 0 Å². The lowest BCUT2D eigenvalue weighted by Gasteiger charge is -2.04. The van der Waals surface area contributed by atoms with Crippen molar-refractivity contribution < 1.29 is 13.2 Å². The first-order chi connectivity index (χ1) is 6.58. The Bertz CT molecular complexity index is 238. The van der Waals surface area contributed by atoms with Gasteiger partial charge in [-0.2, -0.15) is 13.2 Å². The highest BCUT2D eigenvalue weighted by Crippen LogP contribution is 2.23. The molecule has 0 aliphatic heterocycles. The SMILES string of the molecule is FC(F)(F)CCCCCc1cccs1. The Labute approximate surface area is 85.8 Å². The van der Waals surface area contributed by atoms with E-state index in [1.54, 1.807) is 11.3 Å². The third-order valence-electron chi connectivity index (χ3n) is 1.96. The third-order valence-corrected chi connectivity index (χ3v) is 2.90. The molecule has 0 atom stereocenters. The molecule has 0 N–H and O–H groups in total. The number of alkyl halides is 3. The van der Waals surface area contributed by atoms with Crippen LogP contribution in [-0.4, -0.2) is 6.18 Å². The van der Waals surface area contributed by atoms with Gasteiger partial charge in [-0.05, 0) is 30.7 Å². The van der Waals surface area contributed by atoms with Gasteiger partial charge >= 0.3 is 6.18 Å². The molecule has 0 fully saturated rings. The van der Waals surface area contributed by atoms with Gasteiger partial charge in [-0.1, -0.05) is 12.5 Å². The highest BCUT2D eigenvalue weighted by Gasteiger charge is 2.25. The van der Waals surface area contributed by atoms with Gasteiger partial charge in [-0.15, -0.1) is 11.3 Å². The van der Waals surface area contributed by atoms with Crippen molar-refractivity contribution in [1.29, 1.82) is 0 Å². The molecule has 0 amide bonds. The fourth-order valence-corrected chi connectivity index (χ4v) is 2.01. The molecule has 0 nitrogen and oxygen atoms in total. The van der Waals surface area contributed by atoms with Crippen molar-refractivity contribution in [2.45, 2.75) is 38.3 Å². The predicted octanol–water partition coefficient (Wildman–Crippen LogP) is 4.41. The number of halogens is 3. The van der Waals surface area contributed by atoms with E-state index in [1.165, 1.54) is 4.88 Å². The minimum absolute atomic E-state index is 0.259. The number of aryl methyl sites for hydroxylation is 1. The summed E-state index contributed by atoms with van der Waals surface area (Å²) in [6.07, 6.45) is -1.93. The number of hydrogen-bond acceptors (Lipinski definition) is 1. The number of hydrogen-bond donors (Lipinski definition) is 0. The van der Waals surface area contributed by atoms with Crippen LogP contribution in [0.2, 0.25) is 0 Å². The Kier molecular flexibility index (Phi) is 4.45. The van der Waals surface area contributed by atoms with Gasteiger partial charge in [0.1, 0.15) is 0 Å². The molecule has 1 aromatic rings. The first kappa shape index (κ1) is 11.6. The third kappa shape index (κ3) is 5.27. The van der Waals surface area contributed by atoms with E-state index in [9.17, 15) is 13.2 Å². The van der Waals surface area contributed by atoms with E-state index in [1.807, 2.05) is 17.5 Å². The Hall–Kier alpha value is -0.510. The van der Waals surface area contributed by atoms with Gasteiger partial charge in [0.15, 0.2) is 0 Å². The zero-order valence-corrected chi connectivity index (χ0v) is 8.63. The highest BCUT2D eigenvalue weighted by molar-refractivity contribution is 7.09. The van der Waals surface area contributed by atoms with E-state index in [2.05, 4.69) is 0 Å². The van der Waals surface area contributed by atoms with E-state index in [4.69, 9.17) is 0 Å². The maximum atomic E-state index is 11.8. The van der Waals surface area contributed by atoms with Crippen LogP contribution >= 0.6 is 11.3 Å². The van der Waals surface area contributed by atoms with E-state index < -0.39 is 12.6 Å². The van der Waals surface area contributed by atoms with E-state index in [0.717, 1.165) is 12.8 Å². The molecule has 0 saturated carbocycles. The van der Waals surface area contributed by atoms with Crippen molar-refractivity contribution in [3.63, 3.8) is 0 Å². The number of unbranched alkanes of at least 4 members (excludes halogenated alkanes) is 2. The van der Waals surface area contributed by atoms with E-state index >= 15 is 0 Å². The van der Waals surface area contributed by atoms with Crippen molar-refractivity contribution in [2.75, 3.05) is 0 Å². The summed E-state index contributed by atoms with van der Waals surface area (Å²) in [7, 11) is 0. The van der Waals surface area contributed by atoms with Crippen molar-refractivity contribution in [2.24, 2.45) is 0 Å². The maximum absolute atomic E-state index is 11.8. The molecule has 1 aromatic heterocycles. The molecule has 0 bridgehead atoms. The van der Waals surface area contributed by atoms with Crippen molar-refractivity contribution >= 4 is 11.3 Å². The molecule has 0 saturated heterocycles. The van der Waals surface area contributed by atoms with Crippen LogP contribution in [0.5, 0.6) is 0 Å². The zero-order chi connectivity index (χ0) is 10.4. The van der Waals surface area contributed by atoms with Gasteiger partial charge in [0.2, 0.25) is 0 Å². The average molecular weight is 222 g/mol. The predicted molar refractivity (Wildman–Crippen MR) is 52.5 cm³/mol. The van der Waals surface area contributed by atoms with Crippen LogP contribution in [0.15, 0.2) is 17.5 Å². The summed E-state index contributed by atoms with van der Waals surface area (Å²) in [4.78, 5) is 1.26. The van der Waals surface area contributed by atoms with Gasteiger partial charge < -0.3 is 0 Å². The quantitative estimate of drug-likeness (QED) is 0.647. The zero-order valence-electron chi connectivity index (χ0n) is 7.81. The Morgan fingerprint density at radius 2 is 1.93 bits per heavy atom. The molecule has 0 aromatic carbocycles. The first-order valence-corrected chi connectivity index (χ1v) is 5.55. The fraction of sp³-hybridized carbons (Fsp3) is 0.600. The molecule has 80 valence electrons. The number of rotatable bonds is 5. The summed E-state index contributed by atoms with van der Waals surface area (Å²) in [5, 5.41) is 1.99. The summed E-state index contributed by atoms with van der Waals surface area (Å²) in [6, 6.07) is 3.99. The summed E-state index contributed by atoms with van der Waals surface area (Å²) < 4.78 is 35.3. The van der Waals surface area contributed by atoms with E-state index in [-0.39, 0.29) is 6.42 Å². The van der Waals surface area contributed by atoms with Crippen LogP contribution in [0.25, 0.3) is 0 Å².